The number of hydrogen-bond donors (Lipinski definition) is 1. The molecule has 0 aliphatic carbocycles. The second-order valence-electron chi connectivity index (χ2n) is 4.68. The number of halogens is 2. The highest BCUT2D eigenvalue weighted by Crippen LogP contribution is 2.25. The lowest BCUT2D eigenvalue weighted by Gasteiger charge is -2.21. The second kappa shape index (κ2) is 6.42. The predicted molar refractivity (Wildman–Crippen MR) is 82.9 cm³/mol. The topological polar surface area (TPSA) is 12.0 Å². The van der Waals surface area contributed by atoms with Crippen LogP contribution in [0.3, 0.4) is 0 Å². The number of hydrogen-bond acceptors (Lipinski definition) is 1. The second-order valence-corrected chi connectivity index (χ2v) is 5.53. The highest BCUT2D eigenvalue weighted by molar-refractivity contribution is 6.31. The van der Waals surface area contributed by atoms with Gasteiger partial charge in [0.25, 0.3) is 0 Å². The molecule has 0 aromatic heterocycles. The van der Waals surface area contributed by atoms with Crippen molar-refractivity contribution in [3.63, 3.8) is 0 Å². The van der Waals surface area contributed by atoms with E-state index < -0.39 is 0 Å². The van der Waals surface area contributed by atoms with Gasteiger partial charge < -0.3 is 5.32 Å². The molecule has 0 bridgehead atoms. The molecule has 0 fully saturated rings. The smallest absolute Gasteiger partial charge is 0.0453 e. The summed E-state index contributed by atoms with van der Waals surface area (Å²) in [5, 5.41) is 5.10. The average molecular weight is 294 g/mol. The highest BCUT2D eigenvalue weighted by Gasteiger charge is 2.13. The molecular formula is C16H17Cl2N. The lowest BCUT2D eigenvalue weighted by molar-refractivity contribution is 0.495. The molecule has 2 aromatic rings. The molecule has 0 spiro atoms. The molecular weight excluding hydrogens is 277 g/mol. The summed E-state index contributed by atoms with van der Waals surface area (Å²) in [4.78, 5) is 0. The molecule has 2 unspecified atom stereocenters. The third-order valence-corrected chi connectivity index (χ3v) is 3.84. The van der Waals surface area contributed by atoms with Gasteiger partial charge in [-0.05, 0) is 43.2 Å². The predicted octanol–water partition coefficient (Wildman–Crippen LogP) is 5.41. The molecule has 0 amide bonds. The van der Waals surface area contributed by atoms with Gasteiger partial charge in [0.2, 0.25) is 0 Å². The normalized spacial score (nSPS) is 14.1. The maximum absolute atomic E-state index is 6.21. The van der Waals surface area contributed by atoms with Gasteiger partial charge >= 0.3 is 0 Å². The van der Waals surface area contributed by atoms with Crippen molar-refractivity contribution in [1.82, 2.24) is 5.32 Å². The summed E-state index contributed by atoms with van der Waals surface area (Å²) in [5.74, 6) is 0. The van der Waals surface area contributed by atoms with Gasteiger partial charge in [-0.3, -0.25) is 0 Å². The third kappa shape index (κ3) is 3.73. The van der Waals surface area contributed by atoms with Gasteiger partial charge in [-0.25, -0.2) is 0 Å². The minimum absolute atomic E-state index is 0.194. The fourth-order valence-electron chi connectivity index (χ4n) is 2.14. The van der Waals surface area contributed by atoms with E-state index >= 15 is 0 Å². The molecule has 2 aromatic carbocycles. The van der Waals surface area contributed by atoms with Crippen molar-refractivity contribution in [2.24, 2.45) is 0 Å². The molecule has 0 aliphatic heterocycles. The van der Waals surface area contributed by atoms with Crippen LogP contribution >= 0.6 is 23.2 Å². The maximum Gasteiger partial charge on any atom is 0.0453 e. The standard InChI is InChI=1S/C16H17Cl2N/c1-11(13-7-9-14(17)10-8-13)19-12(2)15-5-3-4-6-16(15)18/h3-12,19H,1-2H3. The summed E-state index contributed by atoms with van der Waals surface area (Å²) in [5.41, 5.74) is 2.33. The number of nitrogens with one attached hydrogen (secondary N) is 1. The van der Waals surface area contributed by atoms with E-state index in [1.807, 2.05) is 42.5 Å². The van der Waals surface area contributed by atoms with Crippen LogP contribution in [0, 0.1) is 0 Å². The Morgan fingerprint density at radius 3 is 2.11 bits per heavy atom. The van der Waals surface area contributed by atoms with E-state index in [0.717, 1.165) is 15.6 Å². The Bertz CT molecular complexity index is 537. The summed E-state index contributed by atoms with van der Waals surface area (Å²) in [6.45, 7) is 4.25. The summed E-state index contributed by atoms with van der Waals surface area (Å²) >= 11 is 12.1. The summed E-state index contributed by atoms with van der Waals surface area (Å²) < 4.78 is 0. The Balaban J connectivity index is 2.08. The lowest BCUT2D eigenvalue weighted by Crippen LogP contribution is -2.22. The minimum atomic E-state index is 0.194. The number of benzene rings is 2. The Labute approximate surface area is 124 Å². The quantitative estimate of drug-likeness (QED) is 0.795. The first kappa shape index (κ1) is 14.4. The molecule has 0 saturated carbocycles. The minimum Gasteiger partial charge on any atom is -0.304 e. The van der Waals surface area contributed by atoms with Gasteiger partial charge in [0.1, 0.15) is 0 Å². The monoisotopic (exact) mass is 293 g/mol. The zero-order chi connectivity index (χ0) is 13.8. The van der Waals surface area contributed by atoms with Crippen LogP contribution in [0.5, 0.6) is 0 Å². The van der Waals surface area contributed by atoms with E-state index in [1.54, 1.807) is 0 Å². The molecule has 100 valence electrons. The van der Waals surface area contributed by atoms with Crippen molar-refractivity contribution < 1.29 is 0 Å². The molecule has 0 radical (unpaired) electrons. The van der Waals surface area contributed by atoms with Gasteiger partial charge in [-0.1, -0.05) is 53.5 Å². The van der Waals surface area contributed by atoms with Crippen LogP contribution in [0.15, 0.2) is 48.5 Å². The fourth-order valence-corrected chi connectivity index (χ4v) is 2.56. The van der Waals surface area contributed by atoms with Crippen molar-refractivity contribution >= 4 is 23.2 Å². The van der Waals surface area contributed by atoms with Crippen molar-refractivity contribution in [2.45, 2.75) is 25.9 Å². The van der Waals surface area contributed by atoms with Crippen LogP contribution < -0.4 is 5.32 Å². The first-order valence-electron chi connectivity index (χ1n) is 6.34. The van der Waals surface area contributed by atoms with Crippen molar-refractivity contribution in [1.29, 1.82) is 0 Å². The molecule has 1 N–H and O–H groups in total. The maximum atomic E-state index is 6.21. The summed E-state index contributed by atoms with van der Waals surface area (Å²) in [7, 11) is 0. The van der Waals surface area contributed by atoms with Gasteiger partial charge in [0.05, 0.1) is 0 Å². The van der Waals surface area contributed by atoms with Crippen LogP contribution in [-0.2, 0) is 0 Å². The Morgan fingerprint density at radius 1 is 0.842 bits per heavy atom. The molecule has 2 atom stereocenters. The Morgan fingerprint density at radius 2 is 1.47 bits per heavy atom. The lowest BCUT2D eigenvalue weighted by atomic mass is 10.0. The van der Waals surface area contributed by atoms with Crippen molar-refractivity contribution in [3.8, 4) is 0 Å². The van der Waals surface area contributed by atoms with Gasteiger partial charge in [-0.15, -0.1) is 0 Å². The highest BCUT2D eigenvalue weighted by atomic mass is 35.5. The van der Waals surface area contributed by atoms with E-state index in [2.05, 4.69) is 25.2 Å². The molecule has 0 aliphatic rings. The zero-order valence-electron chi connectivity index (χ0n) is 11.0. The van der Waals surface area contributed by atoms with Crippen LogP contribution in [0.1, 0.15) is 37.1 Å². The average Bonchev–Trinajstić information content (AvgIpc) is 2.39. The largest absolute Gasteiger partial charge is 0.304 e. The van der Waals surface area contributed by atoms with Crippen LogP contribution in [-0.4, -0.2) is 0 Å². The van der Waals surface area contributed by atoms with Crippen LogP contribution in [0.4, 0.5) is 0 Å². The van der Waals surface area contributed by atoms with Crippen molar-refractivity contribution in [3.05, 3.63) is 69.7 Å². The van der Waals surface area contributed by atoms with E-state index in [-0.39, 0.29) is 12.1 Å². The third-order valence-electron chi connectivity index (χ3n) is 3.24. The molecule has 2 rings (SSSR count). The zero-order valence-corrected chi connectivity index (χ0v) is 12.5. The van der Waals surface area contributed by atoms with Gasteiger partial charge in [-0.2, -0.15) is 0 Å². The molecule has 19 heavy (non-hydrogen) atoms. The van der Waals surface area contributed by atoms with Crippen molar-refractivity contribution in [2.75, 3.05) is 0 Å². The Hall–Kier alpha value is -1.02. The van der Waals surface area contributed by atoms with E-state index in [1.165, 1.54) is 5.56 Å². The first-order chi connectivity index (χ1) is 9.08. The van der Waals surface area contributed by atoms with Crippen LogP contribution in [0.2, 0.25) is 10.0 Å². The Kier molecular flexibility index (Phi) is 4.87. The summed E-state index contributed by atoms with van der Waals surface area (Å²) in [6.07, 6.45) is 0. The van der Waals surface area contributed by atoms with Gasteiger partial charge in [0, 0.05) is 22.1 Å². The summed E-state index contributed by atoms with van der Waals surface area (Å²) in [6, 6.07) is 16.3. The van der Waals surface area contributed by atoms with Crippen LogP contribution in [0.25, 0.3) is 0 Å². The molecule has 1 nitrogen and oxygen atoms in total. The molecule has 0 saturated heterocycles. The molecule has 3 heteroatoms. The van der Waals surface area contributed by atoms with E-state index in [0.29, 0.717) is 0 Å². The number of rotatable bonds is 4. The fraction of sp³-hybridized carbons (Fsp3) is 0.250. The first-order valence-corrected chi connectivity index (χ1v) is 7.09. The van der Waals surface area contributed by atoms with E-state index in [9.17, 15) is 0 Å². The SMILES string of the molecule is CC(NC(C)c1ccccc1Cl)c1ccc(Cl)cc1. The van der Waals surface area contributed by atoms with E-state index in [4.69, 9.17) is 23.2 Å². The molecule has 0 heterocycles. The van der Waals surface area contributed by atoms with Gasteiger partial charge in [0.15, 0.2) is 0 Å².